The molecule has 1 aromatic heterocycles. The van der Waals surface area contributed by atoms with Crippen molar-refractivity contribution < 1.29 is 4.79 Å². The van der Waals surface area contributed by atoms with Crippen LogP contribution in [-0.4, -0.2) is 22.2 Å². The van der Waals surface area contributed by atoms with Gasteiger partial charge in [0, 0.05) is 13.1 Å². The molecule has 1 aliphatic heterocycles. The second kappa shape index (κ2) is 3.56. The van der Waals surface area contributed by atoms with E-state index in [-0.39, 0.29) is 11.8 Å². The molecule has 0 saturated carbocycles. The minimum absolute atomic E-state index is 0.0119. The summed E-state index contributed by atoms with van der Waals surface area (Å²) in [6.07, 6.45) is 0. The number of hydrogen-bond acceptors (Lipinski definition) is 3. The molecule has 0 radical (unpaired) electrons. The predicted octanol–water partition coefficient (Wildman–Crippen LogP) is 1.21. The Hall–Kier alpha value is -1.52. The molecular formula is C10H16N4O. The summed E-state index contributed by atoms with van der Waals surface area (Å²) in [5.41, 5.74) is 1.69. The Labute approximate surface area is 88.8 Å². The Kier molecular flexibility index (Phi) is 2.38. The van der Waals surface area contributed by atoms with Crippen molar-refractivity contribution >= 4 is 17.4 Å². The van der Waals surface area contributed by atoms with E-state index in [2.05, 4.69) is 15.7 Å². The van der Waals surface area contributed by atoms with Gasteiger partial charge in [-0.05, 0) is 13.8 Å². The lowest BCUT2D eigenvalue weighted by molar-refractivity contribution is -0.118. The minimum atomic E-state index is -0.0119. The molecule has 1 unspecified atom stereocenters. The molecule has 1 amide bonds. The average Bonchev–Trinajstić information content (AvgIpc) is 2.43. The molecule has 1 aliphatic rings. The van der Waals surface area contributed by atoms with E-state index in [1.165, 1.54) is 0 Å². The zero-order chi connectivity index (χ0) is 11.0. The van der Waals surface area contributed by atoms with Crippen LogP contribution in [0.4, 0.5) is 11.5 Å². The Balaban J connectivity index is 2.43. The summed E-state index contributed by atoms with van der Waals surface area (Å²) in [7, 11) is 0. The summed E-state index contributed by atoms with van der Waals surface area (Å²) in [5, 5.41) is 10.5. The number of amides is 1. The number of carbonyl (C=O) groups is 1. The Bertz CT molecular complexity index is 396. The topological polar surface area (TPSA) is 59.0 Å². The fourth-order valence-corrected chi connectivity index (χ4v) is 1.73. The van der Waals surface area contributed by atoms with Gasteiger partial charge in [0.25, 0.3) is 0 Å². The smallest absolute Gasteiger partial charge is 0.229 e. The lowest BCUT2D eigenvalue weighted by Gasteiger charge is -2.07. The third-order valence-corrected chi connectivity index (χ3v) is 2.70. The van der Waals surface area contributed by atoms with Crippen molar-refractivity contribution in [2.75, 3.05) is 17.2 Å². The van der Waals surface area contributed by atoms with Crippen LogP contribution >= 0.6 is 0 Å². The number of aryl methyl sites for hydroxylation is 2. The molecule has 1 aromatic rings. The van der Waals surface area contributed by atoms with E-state index in [1.54, 1.807) is 0 Å². The highest BCUT2D eigenvalue weighted by molar-refractivity contribution is 5.97. The lowest BCUT2D eigenvalue weighted by atomic mass is 10.2. The van der Waals surface area contributed by atoms with Crippen LogP contribution < -0.4 is 10.6 Å². The van der Waals surface area contributed by atoms with E-state index in [1.807, 2.05) is 25.5 Å². The average molecular weight is 208 g/mol. The first kappa shape index (κ1) is 10.0. The van der Waals surface area contributed by atoms with Crippen molar-refractivity contribution in [3.05, 3.63) is 5.69 Å². The molecule has 2 heterocycles. The third kappa shape index (κ3) is 1.58. The highest BCUT2D eigenvalue weighted by Crippen LogP contribution is 2.28. The molecule has 0 fully saturated rings. The van der Waals surface area contributed by atoms with Crippen LogP contribution in [0.15, 0.2) is 0 Å². The fraction of sp³-hybridized carbons (Fsp3) is 0.600. The van der Waals surface area contributed by atoms with Crippen molar-refractivity contribution in [2.24, 2.45) is 5.92 Å². The molecule has 0 saturated heterocycles. The number of carbonyl (C=O) groups excluding carboxylic acids is 1. The van der Waals surface area contributed by atoms with Crippen molar-refractivity contribution in [1.29, 1.82) is 0 Å². The van der Waals surface area contributed by atoms with Crippen LogP contribution in [-0.2, 0) is 11.3 Å². The number of nitrogens with one attached hydrogen (secondary N) is 2. The molecule has 5 nitrogen and oxygen atoms in total. The van der Waals surface area contributed by atoms with Crippen molar-refractivity contribution in [3.8, 4) is 0 Å². The summed E-state index contributed by atoms with van der Waals surface area (Å²) < 4.78 is 1.88. The molecule has 5 heteroatoms. The predicted molar refractivity (Wildman–Crippen MR) is 58.9 cm³/mol. The van der Waals surface area contributed by atoms with E-state index >= 15 is 0 Å². The largest absolute Gasteiger partial charge is 0.368 e. The molecule has 1 atom stereocenters. The van der Waals surface area contributed by atoms with Gasteiger partial charge in [0.15, 0.2) is 0 Å². The zero-order valence-electron chi connectivity index (χ0n) is 9.29. The summed E-state index contributed by atoms with van der Waals surface area (Å²) in [6, 6.07) is 0. The third-order valence-electron chi connectivity index (χ3n) is 2.70. The van der Waals surface area contributed by atoms with Gasteiger partial charge < -0.3 is 10.6 Å². The van der Waals surface area contributed by atoms with Gasteiger partial charge in [-0.2, -0.15) is 5.10 Å². The van der Waals surface area contributed by atoms with Crippen LogP contribution in [0.5, 0.6) is 0 Å². The van der Waals surface area contributed by atoms with Crippen molar-refractivity contribution in [1.82, 2.24) is 9.78 Å². The number of fused-ring (bicyclic) bond motifs is 1. The van der Waals surface area contributed by atoms with Crippen LogP contribution in [0.1, 0.15) is 19.5 Å². The van der Waals surface area contributed by atoms with E-state index in [0.29, 0.717) is 6.54 Å². The quantitative estimate of drug-likeness (QED) is 0.729. The standard InChI is InChI=1S/C10H16N4O/c1-4-14-9-8(7(3)13-14)12-10(15)6(2)5-11-9/h6,11H,4-5H2,1-3H3,(H,12,15). The zero-order valence-corrected chi connectivity index (χ0v) is 9.29. The Morgan fingerprint density at radius 3 is 3.00 bits per heavy atom. The van der Waals surface area contributed by atoms with Crippen molar-refractivity contribution in [3.63, 3.8) is 0 Å². The molecule has 2 rings (SSSR count). The summed E-state index contributed by atoms with van der Waals surface area (Å²) >= 11 is 0. The number of nitrogens with zero attached hydrogens (tertiary/aromatic N) is 2. The number of anilines is 2. The maximum absolute atomic E-state index is 11.6. The second-order valence-electron chi connectivity index (χ2n) is 3.90. The van der Waals surface area contributed by atoms with E-state index in [0.717, 1.165) is 23.7 Å². The SMILES string of the molecule is CCn1nc(C)c2c1NCC(C)C(=O)N2. The first-order chi connectivity index (χ1) is 7.13. The van der Waals surface area contributed by atoms with Gasteiger partial charge in [-0.25, -0.2) is 4.68 Å². The monoisotopic (exact) mass is 208 g/mol. The molecular weight excluding hydrogens is 192 g/mol. The molecule has 0 bridgehead atoms. The van der Waals surface area contributed by atoms with Gasteiger partial charge in [0.1, 0.15) is 11.5 Å². The van der Waals surface area contributed by atoms with Crippen LogP contribution in [0.3, 0.4) is 0 Å². The van der Waals surface area contributed by atoms with E-state index < -0.39 is 0 Å². The van der Waals surface area contributed by atoms with Gasteiger partial charge in [0.05, 0.1) is 11.6 Å². The van der Waals surface area contributed by atoms with Crippen LogP contribution in [0, 0.1) is 12.8 Å². The van der Waals surface area contributed by atoms with Gasteiger partial charge in [0.2, 0.25) is 5.91 Å². The Morgan fingerprint density at radius 1 is 1.60 bits per heavy atom. The van der Waals surface area contributed by atoms with Crippen LogP contribution in [0.2, 0.25) is 0 Å². The number of aromatic nitrogens is 2. The molecule has 0 aliphatic carbocycles. The number of hydrogen-bond donors (Lipinski definition) is 2. The lowest BCUT2D eigenvalue weighted by Crippen LogP contribution is -2.23. The van der Waals surface area contributed by atoms with Gasteiger partial charge in [-0.3, -0.25) is 4.79 Å². The van der Waals surface area contributed by atoms with Crippen LogP contribution in [0.25, 0.3) is 0 Å². The maximum atomic E-state index is 11.6. The van der Waals surface area contributed by atoms with Crippen molar-refractivity contribution in [2.45, 2.75) is 27.3 Å². The summed E-state index contributed by atoms with van der Waals surface area (Å²) in [5.74, 6) is 0.967. The molecule has 15 heavy (non-hydrogen) atoms. The highest BCUT2D eigenvalue weighted by Gasteiger charge is 2.24. The minimum Gasteiger partial charge on any atom is -0.368 e. The summed E-state index contributed by atoms with van der Waals surface area (Å²) in [6.45, 7) is 7.30. The molecule has 82 valence electrons. The van der Waals surface area contributed by atoms with E-state index in [9.17, 15) is 4.79 Å². The normalized spacial score (nSPS) is 20.2. The highest BCUT2D eigenvalue weighted by atomic mass is 16.1. The molecule has 0 aromatic carbocycles. The van der Waals surface area contributed by atoms with Gasteiger partial charge in [-0.1, -0.05) is 6.92 Å². The van der Waals surface area contributed by atoms with Gasteiger partial charge >= 0.3 is 0 Å². The second-order valence-corrected chi connectivity index (χ2v) is 3.90. The Morgan fingerprint density at radius 2 is 2.33 bits per heavy atom. The summed E-state index contributed by atoms with van der Waals surface area (Å²) in [4.78, 5) is 11.6. The maximum Gasteiger partial charge on any atom is 0.229 e. The first-order valence-corrected chi connectivity index (χ1v) is 5.25. The first-order valence-electron chi connectivity index (χ1n) is 5.25. The van der Waals surface area contributed by atoms with Gasteiger partial charge in [-0.15, -0.1) is 0 Å². The van der Waals surface area contributed by atoms with E-state index in [4.69, 9.17) is 0 Å². The molecule has 0 spiro atoms. The molecule has 2 N–H and O–H groups in total. The fourth-order valence-electron chi connectivity index (χ4n) is 1.73. The number of rotatable bonds is 1.